The second-order valence-corrected chi connectivity index (χ2v) is 9.65. The second-order valence-electron chi connectivity index (χ2n) is 9.65. The Morgan fingerprint density at radius 2 is 2.15 bits per heavy atom. The van der Waals surface area contributed by atoms with Crippen molar-refractivity contribution in [1.82, 2.24) is 20.2 Å². The molecule has 5 rings (SSSR count). The summed E-state index contributed by atoms with van der Waals surface area (Å²) in [5.41, 5.74) is 2.85. The normalized spacial score (nSPS) is 17.8. The minimum Gasteiger partial charge on any atom is -0.491 e. The Bertz CT molecular complexity index is 1360. The number of aromatic nitrogens is 2. The Labute approximate surface area is 229 Å². The summed E-state index contributed by atoms with van der Waals surface area (Å²) in [6, 6.07) is 11.5. The predicted molar refractivity (Wildman–Crippen MR) is 153 cm³/mol. The molecule has 2 aromatic carbocycles. The molecule has 2 fully saturated rings. The fraction of sp³-hybridized carbons (Fsp3) is 0.367. The summed E-state index contributed by atoms with van der Waals surface area (Å²) in [6.45, 7) is 5.85. The molecule has 0 saturated carbocycles. The monoisotopic (exact) mass is 526 g/mol. The Kier molecular flexibility index (Phi) is 9.01. The number of rotatable bonds is 10. The summed E-state index contributed by atoms with van der Waals surface area (Å²) in [4.78, 5) is 24.2. The summed E-state index contributed by atoms with van der Waals surface area (Å²) in [5.74, 6) is 3.61. The van der Waals surface area contributed by atoms with Crippen LogP contribution in [0.3, 0.4) is 0 Å². The molecule has 0 bridgehead atoms. The molecule has 39 heavy (non-hydrogen) atoms. The molecule has 1 amide bonds. The largest absolute Gasteiger partial charge is 0.491 e. The average molecular weight is 527 g/mol. The van der Waals surface area contributed by atoms with E-state index < -0.39 is 0 Å². The molecule has 3 aromatic rings. The number of nitrogens with zero attached hydrogens (tertiary/aromatic N) is 3. The molecule has 0 aliphatic carbocycles. The van der Waals surface area contributed by atoms with Crippen LogP contribution in [0.15, 0.2) is 54.9 Å². The quantitative estimate of drug-likeness (QED) is 0.209. The number of morpholine rings is 1. The van der Waals surface area contributed by atoms with E-state index in [1.807, 2.05) is 42.5 Å². The molecule has 2 saturated heterocycles. The van der Waals surface area contributed by atoms with Crippen LogP contribution in [-0.2, 0) is 9.53 Å². The van der Waals surface area contributed by atoms with E-state index in [-0.39, 0.29) is 11.9 Å². The van der Waals surface area contributed by atoms with E-state index >= 15 is 0 Å². The lowest BCUT2D eigenvalue weighted by molar-refractivity contribution is -0.111. The zero-order valence-corrected chi connectivity index (χ0v) is 22.0. The van der Waals surface area contributed by atoms with Gasteiger partial charge in [-0.05, 0) is 50.1 Å². The number of nitrogens with one attached hydrogen (secondary N) is 3. The van der Waals surface area contributed by atoms with Crippen LogP contribution in [0, 0.1) is 12.3 Å². The van der Waals surface area contributed by atoms with Gasteiger partial charge in [-0.15, -0.1) is 6.42 Å². The van der Waals surface area contributed by atoms with Crippen molar-refractivity contribution in [3.05, 3.63) is 60.4 Å². The number of fused-ring (bicyclic) bond motifs is 1. The number of hydrogen-bond acceptors (Lipinski definition) is 8. The van der Waals surface area contributed by atoms with Gasteiger partial charge in [0.05, 0.1) is 31.0 Å². The van der Waals surface area contributed by atoms with Crippen molar-refractivity contribution in [3.8, 4) is 18.1 Å². The van der Waals surface area contributed by atoms with Crippen LogP contribution in [0.4, 0.5) is 17.2 Å². The van der Waals surface area contributed by atoms with E-state index in [0.717, 1.165) is 75.3 Å². The first-order valence-electron chi connectivity index (χ1n) is 13.5. The van der Waals surface area contributed by atoms with Gasteiger partial charge >= 0.3 is 0 Å². The van der Waals surface area contributed by atoms with Gasteiger partial charge in [0.15, 0.2) is 0 Å². The molecule has 0 spiro atoms. The molecule has 9 heteroatoms. The fourth-order valence-electron chi connectivity index (χ4n) is 4.77. The molecule has 1 unspecified atom stereocenters. The van der Waals surface area contributed by atoms with Gasteiger partial charge in [0, 0.05) is 54.5 Å². The van der Waals surface area contributed by atoms with Gasteiger partial charge in [-0.3, -0.25) is 9.69 Å². The third-order valence-corrected chi connectivity index (χ3v) is 6.84. The number of ether oxygens (including phenoxy) is 2. The van der Waals surface area contributed by atoms with Crippen LogP contribution in [0.2, 0.25) is 0 Å². The van der Waals surface area contributed by atoms with E-state index in [4.69, 9.17) is 15.9 Å². The van der Waals surface area contributed by atoms with Crippen LogP contribution >= 0.6 is 0 Å². The van der Waals surface area contributed by atoms with Gasteiger partial charge in [0.2, 0.25) is 5.91 Å². The Morgan fingerprint density at radius 3 is 2.97 bits per heavy atom. The van der Waals surface area contributed by atoms with E-state index in [9.17, 15) is 4.79 Å². The number of benzene rings is 2. The Balaban J connectivity index is 1.37. The number of hydrogen-bond donors (Lipinski definition) is 3. The zero-order valence-electron chi connectivity index (χ0n) is 22.0. The van der Waals surface area contributed by atoms with Crippen LogP contribution in [0.1, 0.15) is 24.8 Å². The standard InChI is InChI=1S/C30H34N6O3/c1-2-22-6-3-7-24(18-22)34-30-25-19-27(35-29(37)10-9-23-8-4-11-31-23)28(20-26(25)32-21-33-30)39-15-5-12-36-13-16-38-17-14-36/h1,3,6-7,9-10,18-21,23,31H,4-5,8,11-17H2,(H,35,37)(H,32,33,34)/b10-9+. The first-order valence-corrected chi connectivity index (χ1v) is 13.5. The fourth-order valence-corrected chi connectivity index (χ4v) is 4.77. The second kappa shape index (κ2) is 13.2. The summed E-state index contributed by atoms with van der Waals surface area (Å²) in [5, 5.41) is 10.5. The summed E-state index contributed by atoms with van der Waals surface area (Å²) >= 11 is 0. The Morgan fingerprint density at radius 1 is 1.26 bits per heavy atom. The molecule has 2 aliphatic rings. The van der Waals surface area contributed by atoms with Gasteiger partial charge < -0.3 is 25.4 Å². The van der Waals surface area contributed by atoms with E-state index in [1.165, 1.54) is 6.33 Å². The molecule has 2 aliphatic heterocycles. The molecule has 1 atom stereocenters. The predicted octanol–water partition coefficient (Wildman–Crippen LogP) is 3.70. The molecular formula is C30H34N6O3. The van der Waals surface area contributed by atoms with Gasteiger partial charge in [0.25, 0.3) is 0 Å². The number of terminal acetylenes is 1. The number of carbonyl (C=O) groups excluding carboxylic acids is 1. The van der Waals surface area contributed by atoms with Crippen LogP contribution in [-0.4, -0.2) is 72.8 Å². The Hall–Kier alpha value is -3.97. The van der Waals surface area contributed by atoms with Gasteiger partial charge in [-0.25, -0.2) is 9.97 Å². The maximum Gasteiger partial charge on any atom is 0.248 e. The van der Waals surface area contributed by atoms with Crippen LogP contribution < -0.4 is 20.7 Å². The van der Waals surface area contributed by atoms with Crippen molar-refractivity contribution < 1.29 is 14.3 Å². The molecule has 1 aromatic heterocycles. The number of carbonyl (C=O) groups is 1. The van der Waals surface area contributed by atoms with E-state index in [2.05, 4.69) is 36.7 Å². The third kappa shape index (κ3) is 7.33. The van der Waals surface area contributed by atoms with E-state index in [1.54, 1.807) is 6.08 Å². The van der Waals surface area contributed by atoms with Crippen molar-refractivity contribution >= 4 is 34.0 Å². The van der Waals surface area contributed by atoms with Gasteiger partial charge in [-0.2, -0.15) is 0 Å². The number of amides is 1. The van der Waals surface area contributed by atoms with Gasteiger partial charge in [0.1, 0.15) is 17.9 Å². The van der Waals surface area contributed by atoms with Crippen molar-refractivity contribution in [2.24, 2.45) is 0 Å². The molecule has 202 valence electrons. The molecular weight excluding hydrogens is 492 g/mol. The van der Waals surface area contributed by atoms with Crippen molar-refractivity contribution in [3.63, 3.8) is 0 Å². The van der Waals surface area contributed by atoms with Crippen molar-refractivity contribution in [2.45, 2.75) is 25.3 Å². The number of anilines is 3. The maximum atomic E-state index is 12.9. The molecule has 3 heterocycles. The maximum absolute atomic E-state index is 12.9. The highest BCUT2D eigenvalue weighted by Gasteiger charge is 2.15. The SMILES string of the molecule is C#Cc1cccc(Nc2ncnc3cc(OCCCN4CCOCC4)c(NC(=O)/C=C/C4CCCN4)cc23)c1. The first-order chi connectivity index (χ1) is 19.2. The molecule has 3 N–H and O–H groups in total. The van der Waals surface area contributed by atoms with Crippen molar-refractivity contribution in [1.29, 1.82) is 0 Å². The van der Waals surface area contributed by atoms with Crippen LogP contribution in [0.25, 0.3) is 10.9 Å². The minimum atomic E-state index is -0.214. The molecule has 9 nitrogen and oxygen atoms in total. The first kappa shape index (κ1) is 26.6. The summed E-state index contributed by atoms with van der Waals surface area (Å²) < 4.78 is 11.6. The zero-order chi connectivity index (χ0) is 26.9. The highest BCUT2D eigenvalue weighted by Crippen LogP contribution is 2.33. The average Bonchev–Trinajstić information content (AvgIpc) is 3.49. The lowest BCUT2D eigenvalue weighted by atomic mass is 10.1. The lowest BCUT2D eigenvalue weighted by Crippen LogP contribution is -2.37. The van der Waals surface area contributed by atoms with E-state index in [0.29, 0.717) is 29.4 Å². The smallest absolute Gasteiger partial charge is 0.248 e. The minimum absolute atomic E-state index is 0.214. The highest BCUT2D eigenvalue weighted by molar-refractivity contribution is 6.03. The lowest BCUT2D eigenvalue weighted by Gasteiger charge is -2.26. The summed E-state index contributed by atoms with van der Waals surface area (Å²) in [6.07, 6.45) is 13.6. The van der Waals surface area contributed by atoms with Gasteiger partial charge in [-0.1, -0.05) is 18.1 Å². The highest BCUT2D eigenvalue weighted by atomic mass is 16.5. The van der Waals surface area contributed by atoms with Crippen LogP contribution in [0.5, 0.6) is 5.75 Å². The summed E-state index contributed by atoms with van der Waals surface area (Å²) in [7, 11) is 0. The van der Waals surface area contributed by atoms with Crippen molar-refractivity contribution in [2.75, 3.05) is 56.6 Å². The molecule has 0 radical (unpaired) electrons. The third-order valence-electron chi connectivity index (χ3n) is 6.84. The topological polar surface area (TPSA) is 101 Å².